The Bertz CT molecular complexity index is 523. The van der Waals surface area contributed by atoms with Crippen molar-refractivity contribution >= 4 is 12.2 Å². The van der Waals surface area contributed by atoms with Gasteiger partial charge in [0, 0.05) is 39.3 Å². The van der Waals surface area contributed by atoms with E-state index >= 15 is 0 Å². The second-order valence-corrected chi connectivity index (χ2v) is 6.55. The molecule has 118 valence electrons. The number of piperazine rings is 1. The second kappa shape index (κ2) is 7.33. The Balaban J connectivity index is 1.93. The van der Waals surface area contributed by atoms with Gasteiger partial charge in [0.05, 0.1) is 6.67 Å². The van der Waals surface area contributed by atoms with Gasteiger partial charge in [-0.3, -0.25) is 4.90 Å². The normalized spacial score (nSPS) is 17.5. The van der Waals surface area contributed by atoms with E-state index in [1.54, 1.807) is 0 Å². The molecule has 0 radical (unpaired) electrons. The molecule has 6 heteroatoms. The van der Waals surface area contributed by atoms with Crippen molar-refractivity contribution in [2.24, 2.45) is 5.92 Å². The van der Waals surface area contributed by atoms with Crippen molar-refractivity contribution in [3.05, 3.63) is 23.3 Å². The van der Waals surface area contributed by atoms with E-state index < -0.39 is 0 Å². The standard InChI is InChI=1S/C15H27N5S/c1-5-6-19-14(4)16-20(15(19)21)12-18-9-7-17(8-10-18)11-13(2)3/h5,13H,1,6-12H2,2-4H3. The van der Waals surface area contributed by atoms with Crippen molar-refractivity contribution in [2.75, 3.05) is 32.7 Å². The lowest BCUT2D eigenvalue weighted by Gasteiger charge is -2.35. The van der Waals surface area contributed by atoms with E-state index in [1.807, 2.05) is 22.2 Å². The number of nitrogens with zero attached hydrogens (tertiary/aromatic N) is 5. The highest BCUT2D eigenvalue weighted by atomic mass is 32.1. The van der Waals surface area contributed by atoms with Crippen LogP contribution in [0.1, 0.15) is 19.7 Å². The maximum atomic E-state index is 5.51. The molecule has 0 spiro atoms. The summed E-state index contributed by atoms with van der Waals surface area (Å²) in [6.07, 6.45) is 1.86. The van der Waals surface area contributed by atoms with Crippen molar-refractivity contribution < 1.29 is 0 Å². The zero-order valence-corrected chi connectivity index (χ0v) is 14.3. The fourth-order valence-corrected chi connectivity index (χ4v) is 3.10. The zero-order chi connectivity index (χ0) is 15.4. The molecule has 0 N–H and O–H groups in total. The van der Waals surface area contributed by atoms with E-state index in [0.29, 0.717) is 0 Å². The van der Waals surface area contributed by atoms with Crippen LogP contribution >= 0.6 is 12.2 Å². The van der Waals surface area contributed by atoms with Gasteiger partial charge in [0.2, 0.25) is 0 Å². The maximum absolute atomic E-state index is 5.51. The average Bonchev–Trinajstić information content (AvgIpc) is 2.69. The fourth-order valence-electron chi connectivity index (χ4n) is 2.80. The molecule has 1 saturated heterocycles. The van der Waals surface area contributed by atoms with E-state index in [9.17, 15) is 0 Å². The van der Waals surface area contributed by atoms with E-state index in [-0.39, 0.29) is 0 Å². The smallest absolute Gasteiger partial charge is 0.199 e. The van der Waals surface area contributed by atoms with Gasteiger partial charge >= 0.3 is 0 Å². The maximum Gasteiger partial charge on any atom is 0.199 e. The lowest BCUT2D eigenvalue weighted by Crippen LogP contribution is -2.47. The van der Waals surface area contributed by atoms with Crippen molar-refractivity contribution in [1.29, 1.82) is 0 Å². The van der Waals surface area contributed by atoms with Crippen LogP contribution in [0.4, 0.5) is 0 Å². The fraction of sp³-hybridized carbons (Fsp3) is 0.733. The minimum Gasteiger partial charge on any atom is -0.301 e. The van der Waals surface area contributed by atoms with Crippen molar-refractivity contribution in [3.63, 3.8) is 0 Å². The molecular formula is C15H27N5S. The minimum atomic E-state index is 0.729. The number of hydrogen-bond acceptors (Lipinski definition) is 4. The number of allylic oxidation sites excluding steroid dienone is 1. The first-order valence-corrected chi connectivity index (χ1v) is 8.12. The van der Waals surface area contributed by atoms with Crippen LogP contribution in [-0.2, 0) is 13.2 Å². The SMILES string of the molecule is C=CCn1c(C)nn(CN2CCN(CC(C)C)CC2)c1=S. The van der Waals surface area contributed by atoms with E-state index in [4.69, 9.17) is 12.2 Å². The van der Waals surface area contributed by atoms with Crippen LogP contribution in [0.5, 0.6) is 0 Å². The van der Waals surface area contributed by atoms with Crippen LogP contribution in [0.15, 0.2) is 12.7 Å². The van der Waals surface area contributed by atoms with Gasteiger partial charge in [-0.05, 0) is 25.1 Å². The molecule has 0 atom stereocenters. The second-order valence-electron chi connectivity index (χ2n) is 6.18. The highest BCUT2D eigenvalue weighted by molar-refractivity contribution is 7.71. The molecule has 0 aliphatic carbocycles. The first-order chi connectivity index (χ1) is 10.0. The third-order valence-corrected chi connectivity index (χ3v) is 4.27. The highest BCUT2D eigenvalue weighted by Crippen LogP contribution is 2.08. The summed E-state index contributed by atoms with van der Waals surface area (Å²) in [4.78, 5) is 4.97. The summed E-state index contributed by atoms with van der Waals surface area (Å²) in [5, 5.41) is 4.56. The highest BCUT2D eigenvalue weighted by Gasteiger charge is 2.18. The molecule has 0 aromatic carbocycles. The Hall–Kier alpha value is -0.980. The molecule has 1 aromatic heterocycles. The van der Waals surface area contributed by atoms with Gasteiger partial charge < -0.3 is 9.47 Å². The topological polar surface area (TPSA) is 29.2 Å². The van der Waals surface area contributed by atoms with Crippen LogP contribution in [0.3, 0.4) is 0 Å². The summed E-state index contributed by atoms with van der Waals surface area (Å²) in [5.41, 5.74) is 0. The third-order valence-electron chi connectivity index (χ3n) is 3.84. The Morgan fingerprint density at radius 1 is 1.24 bits per heavy atom. The molecule has 5 nitrogen and oxygen atoms in total. The monoisotopic (exact) mass is 309 g/mol. The zero-order valence-electron chi connectivity index (χ0n) is 13.5. The first-order valence-electron chi connectivity index (χ1n) is 7.71. The van der Waals surface area contributed by atoms with E-state index in [2.05, 4.69) is 35.3 Å². The summed E-state index contributed by atoms with van der Waals surface area (Å²) in [7, 11) is 0. The summed E-state index contributed by atoms with van der Waals surface area (Å²) in [6, 6.07) is 0. The van der Waals surface area contributed by atoms with Gasteiger partial charge in [-0.2, -0.15) is 5.10 Å². The molecule has 1 aliphatic heterocycles. The van der Waals surface area contributed by atoms with Gasteiger partial charge in [-0.1, -0.05) is 19.9 Å². The van der Waals surface area contributed by atoms with E-state index in [1.165, 1.54) is 6.54 Å². The van der Waals surface area contributed by atoms with Crippen LogP contribution in [0, 0.1) is 17.6 Å². The summed E-state index contributed by atoms with van der Waals surface area (Å²) < 4.78 is 4.75. The Labute approximate surface area is 132 Å². The lowest BCUT2D eigenvalue weighted by atomic mass is 10.2. The minimum absolute atomic E-state index is 0.729. The largest absolute Gasteiger partial charge is 0.301 e. The number of hydrogen-bond donors (Lipinski definition) is 0. The first kappa shape index (κ1) is 16.4. The molecule has 0 bridgehead atoms. The molecule has 0 unspecified atom stereocenters. The van der Waals surface area contributed by atoms with Crippen molar-refractivity contribution in [1.82, 2.24) is 24.1 Å². The number of rotatable bonds is 6. The van der Waals surface area contributed by atoms with Gasteiger partial charge in [0.15, 0.2) is 4.77 Å². The Morgan fingerprint density at radius 2 is 1.86 bits per heavy atom. The summed E-state index contributed by atoms with van der Waals surface area (Å²) in [5.74, 6) is 1.70. The molecule has 0 amide bonds. The molecule has 2 rings (SSSR count). The number of aromatic nitrogens is 3. The average molecular weight is 309 g/mol. The predicted molar refractivity (Wildman–Crippen MR) is 88.8 cm³/mol. The van der Waals surface area contributed by atoms with E-state index in [0.717, 1.165) is 55.9 Å². The molecular weight excluding hydrogens is 282 g/mol. The van der Waals surface area contributed by atoms with Gasteiger partial charge in [0.1, 0.15) is 5.82 Å². The van der Waals surface area contributed by atoms with Gasteiger partial charge in [0.25, 0.3) is 0 Å². The summed E-state index contributed by atoms with van der Waals surface area (Å²) >= 11 is 5.51. The van der Waals surface area contributed by atoms with Crippen molar-refractivity contribution in [3.8, 4) is 0 Å². The van der Waals surface area contributed by atoms with Gasteiger partial charge in [-0.15, -0.1) is 6.58 Å². The lowest BCUT2D eigenvalue weighted by molar-refractivity contribution is 0.0949. The molecule has 1 fully saturated rings. The predicted octanol–water partition coefficient (Wildman–Crippen LogP) is 2.14. The third kappa shape index (κ3) is 4.25. The van der Waals surface area contributed by atoms with Crippen molar-refractivity contribution in [2.45, 2.75) is 34.0 Å². The van der Waals surface area contributed by atoms with Crippen LogP contribution in [-0.4, -0.2) is 56.9 Å². The Morgan fingerprint density at radius 3 is 2.43 bits per heavy atom. The summed E-state index contributed by atoms with van der Waals surface area (Å²) in [6.45, 7) is 17.5. The van der Waals surface area contributed by atoms with Crippen LogP contribution < -0.4 is 0 Å². The quantitative estimate of drug-likeness (QED) is 0.595. The molecule has 0 saturated carbocycles. The number of aryl methyl sites for hydroxylation is 1. The molecule has 2 heterocycles. The Kier molecular flexibility index (Phi) is 5.72. The van der Waals surface area contributed by atoms with Crippen LogP contribution in [0.2, 0.25) is 0 Å². The molecule has 1 aliphatic rings. The van der Waals surface area contributed by atoms with Crippen LogP contribution in [0.25, 0.3) is 0 Å². The molecule has 1 aromatic rings. The molecule has 21 heavy (non-hydrogen) atoms. The van der Waals surface area contributed by atoms with Gasteiger partial charge in [-0.25, -0.2) is 4.68 Å².